The zero-order valence-corrected chi connectivity index (χ0v) is 16.2. The number of aromatic nitrogens is 4. The van der Waals surface area contributed by atoms with Crippen LogP contribution in [0.5, 0.6) is 5.75 Å². The summed E-state index contributed by atoms with van der Waals surface area (Å²) in [7, 11) is 1.73. The maximum atomic E-state index is 5.45. The van der Waals surface area contributed by atoms with Crippen molar-refractivity contribution in [3.63, 3.8) is 0 Å². The van der Waals surface area contributed by atoms with E-state index < -0.39 is 0 Å². The highest BCUT2D eigenvalue weighted by Gasteiger charge is 2.16. The Hall–Kier alpha value is -2.56. The largest absolute Gasteiger partial charge is 0.496 e. The van der Waals surface area contributed by atoms with Crippen LogP contribution in [0.4, 0.5) is 0 Å². The SMILES string of the molecule is CCCn1nc(C)c(-c2cncn2CCCc2ccccc2OC)c1C. The lowest BCUT2D eigenvalue weighted by molar-refractivity contribution is 0.408. The minimum Gasteiger partial charge on any atom is -0.496 e. The van der Waals surface area contributed by atoms with Crippen molar-refractivity contribution in [3.8, 4) is 17.0 Å². The molecule has 26 heavy (non-hydrogen) atoms. The van der Waals surface area contributed by atoms with Gasteiger partial charge in [0.15, 0.2) is 0 Å². The molecule has 2 heterocycles. The van der Waals surface area contributed by atoms with Crippen molar-refractivity contribution in [1.82, 2.24) is 19.3 Å². The van der Waals surface area contributed by atoms with Crippen molar-refractivity contribution in [2.45, 2.75) is 53.1 Å². The third-order valence-corrected chi connectivity index (χ3v) is 4.82. The Morgan fingerprint density at radius 3 is 2.69 bits per heavy atom. The van der Waals surface area contributed by atoms with E-state index in [4.69, 9.17) is 9.84 Å². The van der Waals surface area contributed by atoms with Gasteiger partial charge in [-0.1, -0.05) is 25.1 Å². The van der Waals surface area contributed by atoms with E-state index in [-0.39, 0.29) is 0 Å². The Bertz CT molecular complexity index is 863. The predicted octanol–water partition coefficient (Wildman–Crippen LogP) is 4.41. The molecule has 0 amide bonds. The van der Waals surface area contributed by atoms with Gasteiger partial charge in [-0.05, 0) is 44.7 Å². The van der Waals surface area contributed by atoms with Gasteiger partial charge in [0.25, 0.3) is 0 Å². The second-order valence-corrected chi connectivity index (χ2v) is 6.66. The van der Waals surface area contributed by atoms with Crippen molar-refractivity contribution >= 4 is 0 Å². The summed E-state index contributed by atoms with van der Waals surface area (Å²) in [5.41, 5.74) is 5.91. The normalized spacial score (nSPS) is 11.1. The van der Waals surface area contributed by atoms with E-state index in [2.05, 4.69) is 47.1 Å². The van der Waals surface area contributed by atoms with Gasteiger partial charge in [-0.3, -0.25) is 4.68 Å². The summed E-state index contributed by atoms with van der Waals surface area (Å²) in [5.74, 6) is 0.964. The Labute approximate surface area is 155 Å². The van der Waals surface area contributed by atoms with Crippen LogP contribution in [0.2, 0.25) is 0 Å². The molecule has 0 spiro atoms. The fourth-order valence-corrected chi connectivity index (χ4v) is 3.55. The molecule has 0 N–H and O–H groups in total. The number of benzene rings is 1. The smallest absolute Gasteiger partial charge is 0.122 e. The quantitative estimate of drug-likeness (QED) is 0.603. The highest BCUT2D eigenvalue weighted by Crippen LogP contribution is 2.27. The molecular weight excluding hydrogens is 324 g/mol. The molecular formula is C21H28N4O. The second kappa shape index (κ2) is 8.21. The van der Waals surface area contributed by atoms with Gasteiger partial charge in [0.2, 0.25) is 0 Å². The van der Waals surface area contributed by atoms with E-state index in [1.165, 1.54) is 16.8 Å². The third kappa shape index (κ3) is 3.66. The number of rotatable bonds is 8. The predicted molar refractivity (Wildman–Crippen MR) is 105 cm³/mol. The van der Waals surface area contributed by atoms with Crippen LogP contribution in [-0.4, -0.2) is 26.4 Å². The average Bonchev–Trinajstić information content (AvgIpc) is 3.20. The lowest BCUT2D eigenvalue weighted by Crippen LogP contribution is -2.03. The number of imidazole rings is 1. The number of ether oxygens (including phenoxy) is 1. The molecule has 5 nitrogen and oxygen atoms in total. The summed E-state index contributed by atoms with van der Waals surface area (Å²) in [6.45, 7) is 8.29. The summed E-state index contributed by atoms with van der Waals surface area (Å²) in [6.07, 6.45) is 6.98. The number of hydrogen-bond donors (Lipinski definition) is 0. The van der Waals surface area contributed by atoms with Crippen LogP contribution in [0.1, 0.15) is 36.7 Å². The van der Waals surface area contributed by atoms with Crippen LogP contribution in [-0.2, 0) is 19.5 Å². The lowest BCUT2D eigenvalue weighted by atomic mass is 10.1. The van der Waals surface area contributed by atoms with Crippen molar-refractivity contribution in [2.24, 2.45) is 0 Å². The molecule has 0 aliphatic rings. The summed E-state index contributed by atoms with van der Waals surface area (Å²) in [6, 6.07) is 8.23. The van der Waals surface area contributed by atoms with Gasteiger partial charge in [0.1, 0.15) is 5.75 Å². The first-order valence-electron chi connectivity index (χ1n) is 9.32. The van der Waals surface area contributed by atoms with Crippen LogP contribution < -0.4 is 4.74 Å². The molecule has 0 atom stereocenters. The van der Waals surface area contributed by atoms with Crippen LogP contribution >= 0.6 is 0 Å². The highest BCUT2D eigenvalue weighted by molar-refractivity contribution is 5.64. The Morgan fingerprint density at radius 1 is 1.12 bits per heavy atom. The molecule has 0 aliphatic carbocycles. The Kier molecular flexibility index (Phi) is 5.76. The Morgan fingerprint density at radius 2 is 1.92 bits per heavy atom. The van der Waals surface area contributed by atoms with Crippen LogP contribution in [0.25, 0.3) is 11.3 Å². The van der Waals surface area contributed by atoms with E-state index in [1.54, 1.807) is 7.11 Å². The van der Waals surface area contributed by atoms with Crippen molar-refractivity contribution in [3.05, 3.63) is 53.7 Å². The minimum absolute atomic E-state index is 0.922. The van der Waals surface area contributed by atoms with Gasteiger partial charge in [-0.15, -0.1) is 0 Å². The number of hydrogen-bond acceptors (Lipinski definition) is 3. The van der Waals surface area contributed by atoms with Crippen LogP contribution in [0, 0.1) is 13.8 Å². The Balaban J connectivity index is 1.75. The topological polar surface area (TPSA) is 44.9 Å². The number of aryl methyl sites for hydroxylation is 4. The lowest BCUT2D eigenvalue weighted by Gasteiger charge is -2.11. The summed E-state index contributed by atoms with van der Waals surface area (Å²) in [5, 5.41) is 4.71. The van der Waals surface area contributed by atoms with Crippen LogP contribution in [0.3, 0.4) is 0 Å². The van der Waals surface area contributed by atoms with Gasteiger partial charge in [0.05, 0.1) is 31.0 Å². The van der Waals surface area contributed by atoms with E-state index in [0.717, 1.165) is 49.5 Å². The summed E-state index contributed by atoms with van der Waals surface area (Å²) < 4.78 is 9.80. The van der Waals surface area contributed by atoms with Crippen molar-refractivity contribution in [1.29, 1.82) is 0 Å². The number of methoxy groups -OCH3 is 1. The zero-order chi connectivity index (χ0) is 18.5. The molecule has 0 saturated carbocycles. The van der Waals surface area contributed by atoms with Gasteiger partial charge in [-0.2, -0.15) is 5.10 Å². The van der Waals surface area contributed by atoms with E-state index in [1.807, 2.05) is 24.7 Å². The molecule has 3 rings (SSSR count). The third-order valence-electron chi connectivity index (χ3n) is 4.82. The maximum Gasteiger partial charge on any atom is 0.122 e. The molecule has 0 saturated heterocycles. The molecule has 0 fully saturated rings. The molecule has 3 aromatic rings. The number of para-hydroxylation sites is 1. The van der Waals surface area contributed by atoms with E-state index in [0.29, 0.717) is 0 Å². The van der Waals surface area contributed by atoms with E-state index >= 15 is 0 Å². The standard InChI is InChI=1S/C21H28N4O/c1-5-12-25-17(3)21(16(2)23-25)19-14-22-15-24(19)13-8-10-18-9-6-7-11-20(18)26-4/h6-7,9,11,14-15H,5,8,10,12-13H2,1-4H3. The zero-order valence-electron chi connectivity index (χ0n) is 16.2. The van der Waals surface area contributed by atoms with Gasteiger partial charge >= 0.3 is 0 Å². The number of nitrogens with zero attached hydrogens (tertiary/aromatic N) is 4. The van der Waals surface area contributed by atoms with Gasteiger partial charge in [0, 0.05) is 24.3 Å². The molecule has 0 radical (unpaired) electrons. The van der Waals surface area contributed by atoms with Crippen LogP contribution in [0.15, 0.2) is 36.8 Å². The van der Waals surface area contributed by atoms with Gasteiger partial charge < -0.3 is 9.30 Å². The van der Waals surface area contributed by atoms with E-state index in [9.17, 15) is 0 Å². The molecule has 1 aromatic carbocycles. The molecule has 0 unspecified atom stereocenters. The molecule has 2 aromatic heterocycles. The molecule has 0 bridgehead atoms. The molecule has 5 heteroatoms. The van der Waals surface area contributed by atoms with Gasteiger partial charge in [-0.25, -0.2) is 4.98 Å². The summed E-state index contributed by atoms with van der Waals surface area (Å²) >= 11 is 0. The summed E-state index contributed by atoms with van der Waals surface area (Å²) in [4.78, 5) is 4.40. The van der Waals surface area contributed by atoms with Crippen molar-refractivity contribution < 1.29 is 4.74 Å². The first kappa shape index (κ1) is 18.2. The second-order valence-electron chi connectivity index (χ2n) is 6.66. The first-order chi connectivity index (χ1) is 12.7. The fraction of sp³-hybridized carbons (Fsp3) is 0.429. The molecule has 0 aliphatic heterocycles. The minimum atomic E-state index is 0.922. The highest BCUT2D eigenvalue weighted by atomic mass is 16.5. The first-order valence-corrected chi connectivity index (χ1v) is 9.32. The molecule has 138 valence electrons. The average molecular weight is 352 g/mol. The maximum absolute atomic E-state index is 5.45. The van der Waals surface area contributed by atoms with Crippen molar-refractivity contribution in [2.75, 3.05) is 7.11 Å². The monoisotopic (exact) mass is 352 g/mol. The fourth-order valence-electron chi connectivity index (χ4n) is 3.55.